The average molecular weight is 157 g/mol. The van der Waals surface area contributed by atoms with Crippen molar-refractivity contribution in [2.45, 2.75) is 39.3 Å². The maximum Gasteiger partial charge on any atom is 0.0682 e. The first-order valence-electron chi connectivity index (χ1n) is 4.29. The molecular formula is C9H19NO. The number of likely N-dealkylation sites (N-methyl/N-ethyl adjacent to an activating group) is 1. The zero-order valence-corrected chi connectivity index (χ0v) is 7.96. The Morgan fingerprint density at radius 3 is 2.09 bits per heavy atom. The van der Waals surface area contributed by atoms with Gasteiger partial charge in [0, 0.05) is 12.6 Å². The molecule has 1 aliphatic rings. The van der Waals surface area contributed by atoms with Crippen molar-refractivity contribution in [3.63, 3.8) is 0 Å². The van der Waals surface area contributed by atoms with Crippen LogP contribution in [0.4, 0.5) is 0 Å². The molecule has 2 unspecified atom stereocenters. The molecule has 0 radical (unpaired) electrons. The summed E-state index contributed by atoms with van der Waals surface area (Å²) in [6, 6.07) is 0.539. The Balaban J connectivity index is 2.60. The maximum atomic E-state index is 9.39. The van der Waals surface area contributed by atoms with Gasteiger partial charge < -0.3 is 10.0 Å². The molecule has 1 N–H and O–H groups in total. The summed E-state index contributed by atoms with van der Waals surface area (Å²) < 4.78 is 0. The fraction of sp³-hybridized carbons (Fsp3) is 1.00. The summed E-state index contributed by atoms with van der Waals surface area (Å²) in [5.41, 5.74) is 0.298. The Kier molecular flexibility index (Phi) is 2.26. The molecular weight excluding hydrogens is 138 g/mol. The third-order valence-corrected chi connectivity index (χ3v) is 2.53. The topological polar surface area (TPSA) is 23.5 Å². The van der Waals surface area contributed by atoms with Crippen molar-refractivity contribution < 1.29 is 5.11 Å². The molecule has 1 aliphatic heterocycles. The van der Waals surface area contributed by atoms with Crippen LogP contribution in [0.5, 0.6) is 0 Å². The summed E-state index contributed by atoms with van der Waals surface area (Å²) in [4.78, 5) is 2.25. The molecule has 0 amide bonds. The van der Waals surface area contributed by atoms with Gasteiger partial charge in [-0.15, -0.1) is 0 Å². The molecule has 2 nitrogen and oxygen atoms in total. The Morgan fingerprint density at radius 2 is 1.91 bits per heavy atom. The van der Waals surface area contributed by atoms with Gasteiger partial charge in [0.2, 0.25) is 0 Å². The fourth-order valence-electron chi connectivity index (χ4n) is 1.99. The number of hydrogen-bond donors (Lipinski definition) is 1. The van der Waals surface area contributed by atoms with Gasteiger partial charge in [-0.3, -0.25) is 0 Å². The number of aliphatic hydroxyl groups excluding tert-OH is 1. The van der Waals surface area contributed by atoms with E-state index >= 15 is 0 Å². The van der Waals surface area contributed by atoms with Crippen molar-refractivity contribution in [1.29, 1.82) is 0 Å². The van der Waals surface area contributed by atoms with E-state index in [-0.39, 0.29) is 6.10 Å². The lowest BCUT2D eigenvalue weighted by atomic mass is 9.85. The monoisotopic (exact) mass is 157 g/mol. The van der Waals surface area contributed by atoms with Gasteiger partial charge in [0.25, 0.3) is 0 Å². The predicted octanol–water partition coefficient (Wildman–Crippen LogP) is 1.10. The number of rotatable bonds is 0. The number of nitrogens with zero attached hydrogens (tertiary/aromatic N) is 1. The molecule has 0 spiro atoms. The van der Waals surface area contributed by atoms with E-state index in [0.29, 0.717) is 11.5 Å². The minimum absolute atomic E-state index is 0.107. The molecule has 0 aliphatic carbocycles. The van der Waals surface area contributed by atoms with Gasteiger partial charge in [0.05, 0.1) is 6.10 Å². The molecule has 66 valence electrons. The van der Waals surface area contributed by atoms with Crippen molar-refractivity contribution in [3.8, 4) is 0 Å². The van der Waals surface area contributed by atoms with Crippen molar-refractivity contribution >= 4 is 0 Å². The van der Waals surface area contributed by atoms with Gasteiger partial charge in [-0.2, -0.15) is 0 Å². The molecule has 0 aromatic heterocycles. The molecule has 2 atom stereocenters. The molecule has 2 heteroatoms. The van der Waals surface area contributed by atoms with Crippen LogP contribution < -0.4 is 0 Å². The smallest absolute Gasteiger partial charge is 0.0682 e. The van der Waals surface area contributed by atoms with Gasteiger partial charge in [0.1, 0.15) is 0 Å². The van der Waals surface area contributed by atoms with Crippen LogP contribution in [0, 0.1) is 5.41 Å². The quantitative estimate of drug-likeness (QED) is 0.569. The van der Waals surface area contributed by atoms with Gasteiger partial charge in [-0.1, -0.05) is 20.8 Å². The number of likely N-dealkylation sites (tertiary alicyclic amines) is 1. The molecule has 1 saturated heterocycles. The Hall–Kier alpha value is -0.0800. The molecule has 0 aromatic rings. The minimum atomic E-state index is -0.107. The van der Waals surface area contributed by atoms with Crippen molar-refractivity contribution in [2.24, 2.45) is 5.41 Å². The highest BCUT2D eigenvalue weighted by Gasteiger charge is 2.35. The first kappa shape index (κ1) is 9.01. The summed E-state index contributed by atoms with van der Waals surface area (Å²) in [7, 11) is 2.09. The van der Waals surface area contributed by atoms with Crippen LogP contribution in [0.3, 0.4) is 0 Å². The highest BCUT2D eigenvalue weighted by Crippen LogP contribution is 2.31. The normalized spacial score (nSPS) is 34.6. The van der Waals surface area contributed by atoms with E-state index in [1.54, 1.807) is 0 Å². The highest BCUT2D eigenvalue weighted by molar-refractivity contribution is 4.90. The van der Waals surface area contributed by atoms with Crippen LogP contribution in [-0.4, -0.2) is 35.7 Å². The van der Waals surface area contributed by atoms with E-state index in [4.69, 9.17) is 0 Å². The number of β-amino-alcohol motifs (C(OH)–C–C–N with tert-alkyl or cyclic N) is 1. The molecule has 1 heterocycles. The van der Waals surface area contributed by atoms with E-state index in [1.165, 1.54) is 0 Å². The van der Waals surface area contributed by atoms with Crippen LogP contribution in [0.1, 0.15) is 27.2 Å². The molecule has 1 rings (SSSR count). The lowest BCUT2D eigenvalue weighted by molar-refractivity contribution is 0.169. The molecule has 1 fully saturated rings. The van der Waals surface area contributed by atoms with Crippen molar-refractivity contribution in [2.75, 3.05) is 13.6 Å². The number of hydrogen-bond acceptors (Lipinski definition) is 2. The molecule has 0 bridgehead atoms. The van der Waals surface area contributed by atoms with E-state index in [2.05, 4.69) is 32.7 Å². The molecule has 0 aromatic carbocycles. The summed E-state index contributed by atoms with van der Waals surface area (Å²) >= 11 is 0. The zero-order valence-electron chi connectivity index (χ0n) is 7.96. The van der Waals surface area contributed by atoms with Gasteiger partial charge in [0.15, 0.2) is 0 Å². The average Bonchev–Trinajstić information content (AvgIpc) is 2.08. The van der Waals surface area contributed by atoms with E-state index < -0.39 is 0 Å². The fourth-order valence-corrected chi connectivity index (χ4v) is 1.99. The predicted molar refractivity (Wildman–Crippen MR) is 46.5 cm³/mol. The van der Waals surface area contributed by atoms with E-state index in [1.807, 2.05) is 0 Å². The third kappa shape index (κ3) is 1.94. The van der Waals surface area contributed by atoms with Crippen LogP contribution in [-0.2, 0) is 0 Å². The standard InChI is InChI=1S/C9H19NO/c1-9(2,3)8-5-7(11)6-10(8)4/h7-8,11H,5-6H2,1-4H3. The molecule has 0 saturated carbocycles. The molecule has 11 heavy (non-hydrogen) atoms. The number of aliphatic hydroxyl groups is 1. The lowest BCUT2D eigenvalue weighted by Crippen LogP contribution is -2.36. The summed E-state index contributed by atoms with van der Waals surface area (Å²) in [5.74, 6) is 0. The van der Waals surface area contributed by atoms with E-state index in [9.17, 15) is 5.11 Å². The van der Waals surface area contributed by atoms with Crippen LogP contribution in [0.15, 0.2) is 0 Å². The Bertz CT molecular complexity index is 139. The Labute approximate surface area is 69.2 Å². The zero-order chi connectivity index (χ0) is 8.65. The lowest BCUT2D eigenvalue weighted by Gasteiger charge is -2.32. The second kappa shape index (κ2) is 2.76. The first-order chi connectivity index (χ1) is 4.91. The van der Waals surface area contributed by atoms with Gasteiger partial charge in [-0.25, -0.2) is 0 Å². The summed E-state index contributed by atoms with van der Waals surface area (Å²) in [6.07, 6.45) is 0.823. The van der Waals surface area contributed by atoms with Gasteiger partial charge >= 0.3 is 0 Å². The van der Waals surface area contributed by atoms with Crippen LogP contribution >= 0.6 is 0 Å². The minimum Gasteiger partial charge on any atom is -0.392 e. The van der Waals surface area contributed by atoms with Crippen LogP contribution in [0.25, 0.3) is 0 Å². The highest BCUT2D eigenvalue weighted by atomic mass is 16.3. The third-order valence-electron chi connectivity index (χ3n) is 2.53. The summed E-state index contributed by atoms with van der Waals surface area (Å²) in [6.45, 7) is 7.52. The van der Waals surface area contributed by atoms with Gasteiger partial charge in [-0.05, 0) is 18.9 Å². The first-order valence-corrected chi connectivity index (χ1v) is 4.29. The van der Waals surface area contributed by atoms with E-state index in [0.717, 1.165) is 13.0 Å². The van der Waals surface area contributed by atoms with Crippen LogP contribution in [0.2, 0.25) is 0 Å². The largest absolute Gasteiger partial charge is 0.392 e. The van der Waals surface area contributed by atoms with Crippen molar-refractivity contribution in [1.82, 2.24) is 4.90 Å². The maximum absolute atomic E-state index is 9.39. The Morgan fingerprint density at radius 1 is 1.36 bits per heavy atom. The second-order valence-electron chi connectivity index (χ2n) is 4.71. The van der Waals surface area contributed by atoms with Crippen molar-refractivity contribution in [3.05, 3.63) is 0 Å². The SMILES string of the molecule is CN1CC(O)CC1C(C)(C)C. The summed E-state index contributed by atoms with van der Waals surface area (Å²) in [5, 5.41) is 9.39. The second-order valence-corrected chi connectivity index (χ2v) is 4.71.